The average Bonchev–Trinajstić information content (AvgIpc) is 2.82. The number of carbonyl (C=O) groups is 3. The maximum atomic E-state index is 13.0. The number of likely N-dealkylation sites (tertiary alicyclic amines) is 1. The van der Waals surface area contributed by atoms with Crippen LogP contribution in [0.25, 0.3) is 0 Å². The summed E-state index contributed by atoms with van der Waals surface area (Å²) in [5.74, 6) is 0.217. The summed E-state index contributed by atoms with van der Waals surface area (Å²) in [6.45, 7) is 3.29. The predicted molar refractivity (Wildman–Crippen MR) is 123 cm³/mol. The highest BCUT2D eigenvalue weighted by molar-refractivity contribution is 6.05. The van der Waals surface area contributed by atoms with Crippen molar-refractivity contribution < 1.29 is 19.1 Å². The third-order valence-corrected chi connectivity index (χ3v) is 5.72. The highest BCUT2D eigenvalue weighted by Crippen LogP contribution is 2.37. The molecule has 1 saturated heterocycles. The number of piperidine rings is 1. The molecule has 8 nitrogen and oxygen atoms in total. The van der Waals surface area contributed by atoms with Crippen LogP contribution < -0.4 is 20.3 Å². The molecule has 0 bridgehead atoms. The van der Waals surface area contributed by atoms with Crippen LogP contribution in [-0.2, 0) is 9.59 Å². The van der Waals surface area contributed by atoms with Gasteiger partial charge in [-0.3, -0.25) is 14.5 Å². The van der Waals surface area contributed by atoms with E-state index in [4.69, 9.17) is 4.74 Å². The van der Waals surface area contributed by atoms with E-state index < -0.39 is 12.1 Å². The summed E-state index contributed by atoms with van der Waals surface area (Å²) in [5.41, 5.74) is 1.66. The molecule has 1 fully saturated rings. The number of anilines is 3. The lowest BCUT2D eigenvalue weighted by Crippen LogP contribution is -2.51. The Morgan fingerprint density at radius 1 is 1.00 bits per heavy atom. The molecule has 168 valence electrons. The molecule has 4 rings (SSSR count). The lowest BCUT2D eigenvalue weighted by atomic mass is 10.1. The number of nitrogens with one attached hydrogen (secondary N) is 2. The van der Waals surface area contributed by atoms with Gasteiger partial charge in [0.05, 0.1) is 5.69 Å². The SMILES string of the molecule is CCC1Oc2ccc(NC(=O)Nc3ccccc3)cc2N(CC(=O)N2CCCCC2)C1=O. The van der Waals surface area contributed by atoms with Crippen molar-refractivity contribution in [1.82, 2.24) is 4.90 Å². The van der Waals surface area contributed by atoms with Crippen LogP contribution in [0, 0.1) is 0 Å². The van der Waals surface area contributed by atoms with Gasteiger partial charge in [-0.15, -0.1) is 0 Å². The lowest BCUT2D eigenvalue weighted by molar-refractivity contribution is -0.134. The summed E-state index contributed by atoms with van der Waals surface area (Å²) in [7, 11) is 0. The second-order valence-corrected chi connectivity index (χ2v) is 8.01. The summed E-state index contributed by atoms with van der Waals surface area (Å²) < 4.78 is 5.86. The van der Waals surface area contributed by atoms with E-state index in [0.29, 0.717) is 29.2 Å². The molecule has 2 aromatic carbocycles. The molecule has 2 aliphatic heterocycles. The molecule has 2 heterocycles. The van der Waals surface area contributed by atoms with Crippen LogP contribution in [0.2, 0.25) is 0 Å². The number of hydrogen-bond donors (Lipinski definition) is 2. The van der Waals surface area contributed by atoms with E-state index in [1.54, 1.807) is 30.3 Å². The van der Waals surface area contributed by atoms with E-state index in [1.807, 2.05) is 30.0 Å². The number of ether oxygens (including phenoxy) is 1. The molecule has 2 aliphatic rings. The van der Waals surface area contributed by atoms with Gasteiger partial charge in [-0.2, -0.15) is 0 Å². The zero-order valence-corrected chi connectivity index (χ0v) is 18.2. The van der Waals surface area contributed by atoms with Crippen LogP contribution in [-0.4, -0.2) is 48.5 Å². The fraction of sp³-hybridized carbons (Fsp3) is 0.375. The molecule has 1 atom stereocenters. The van der Waals surface area contributed by atoms with Crippen LogP contribution in [0.1, 0.15) is 32.6 Å². The molecule has 0 spiro atoms. The number of nitrogens with zero attached hydrogens (tertiary/aromatic N) is 2. The van der Waals surface area contributed by atoms with Gasteiger partial charge in [0.2, 0.25) is 5.91 Å². The standard InChI is InChI=1S/C24H28N4O4/c1-2-20-23(30)28(16-22(29)27-13-7-4-8-14-27)19-15-18(11-12-21(19)32-20)26-24(31)25-17-9-5-3-6-10-17/h3,5-6,9-12,15,20H,2,4,7-8,13-14,16H2,1H3,(H2,25,26,31). The van der Waals surface area contributed by atoms with Crippen molar-refractivity contribution >= 4 is 34.9 Å². The molecule has 4 amide bonds. The number of urea groups is 1. The maximum Gasteiger partial charge on any atom is 0.323 e. The molecule has 0 aliphatic carbocycles. The quantitative estimate of drug-likeness (QED) is 0.745. The van der Waals surface area contributed by atoms with Crippen molar-refractivity contribution in [2.75, 3.05) is 35.2 Å². The molecule has 1 unspecified atom stereocenters. The number of rotatable bonds is 5. The number of para-hydroxylation sites is 1. The number of benzene rings is 2. The Morgan fingerprint density at radius 2 is 1.72 bits per heavy atom. The molecule has 32 heavy (non-hydrogen) atoms. The molecule has 8 heteroatoms. The van der Waals surface area contributed by atoms with Crippen molar-refractivity contribution in [3.63, 3.8) is 0 Å². The van der Waals surface area contributed by atoms with Crippen LogP contribution in [0.4, 0.5) is 21.9 Å². The highest BCUT2D eigenvalue weighted by Gasteiger charge is 2.35. The molecule has 2 aromatic rings. The predicted octanol–water partition coefficient (Wildman–Crippen LogP) is 3.85. The van der Waals surface area contributed by atoms with E-state index in [1.165, 1.54) is 4.90 Å². The van der Waals surface area contributed by atoms with E-state index in [2.05, 4.69) is 10.6 Å². The van der Waals surface area contributed by atoms with Gasteiger partial charge in [-0.25, -0.2) is 4.79 Å². The Balaban J connectivity index is 1.53. The normalized spacial score (nSPS) is 17.9. The lowest BCUT2D eigenvalue weighted by Gasteiger charge is -2.36. The number of fused-ring (bicyclic) bond motifs is 1. The van der Waals surface area contributed by atoms with Crippen molar-refractivity contribution in [2.45, 2.75) is 38.7 Å². The second kappa shape index (κ2) is 9.72. The third kappa shape index (κ3) is 4.85. The smallest absolute Gasteiger partial charge is 0.323 e. The average molecular weight is 437 g/mol. The van der Waals surface area contributed by atoms with Crippen LogP contribution in [0.5, 0.6) is 5.75 Å². The van der Waals surface area contributed by atoms with E-state index >= 15 is 0 Å². The molecule has 0 radical (unpaired) electrons. The Morgan fingerprint density at radius 3 is 2.44 bits per heavy atom. The Labute approximate surface area is 187 Å². The number of carbonyl (C=O) groups excluding carboxylic acids is 3. The first-order chi connectivity index (χ1) is 15.5. The first kappa shape index (κ1) is 21.7. The van der Waals surface area contributed by atoms with Crippen molar-refractivity contribution in [3.8, 4) is 5.75 Å². The minimum Gasteiger partial charge on any atom is -0.478 e. The van der Waals surface area contributed by atoms with Crippen LogP contribution in [0.15, 0.2) is 48.5 Å². The minimum absolute atomic E-state index is 0.0364. The van der Waals surface area contributed by atoms with Gasteiger partial charge in [0.15, 0.2) is 6.10 Å². The van der Waals surface area contributed by atoms with Gasteiger partial charge in [-0.05, 0) is 56.0 Å². The van der Waals surface area contributed by atoms with Crippen molar-refractivity contribution in [3.05, 3.63) is 48.5 Å². The van der Waals surface area contributed by atoms with E-state index in [0.717, 1.165) is 32.4 Å². The number of hydrogen-bond acceptors (Lipinski definition) is 4. The Bertz CT molecular complexity index is 989. The summed E-state index contributed by atoms with van der Waals surface area (Å²) in [4.78, 5) is 41.6. The van der Waals surface area contributed by atoms with Gasteiger partial charge in [0.25, 0.3) is 5.91 Å². The van der Waals surface area contributed by atoms with Crippen molar-refractivity contribution in [2.24, 2.45) is 0 Å². The monoisotopic (exact) mass is 436 g/mol. The first-order valence-electron chi connectivity index (χ1n) is 11.1. The fourth-order valence-electron chi connectivity index (χ4n) is 4.02. The van der Waals surface area contributed by atoms with Crippen LogP contribution in [0.3, 0.4) is 0 Å². The summed E-state index contributed by atoms with van der Waals surface area (Å²) >= 11 is 0. The van der Waals surface area contributed by atoms with Gasteiger partial charge in [0.1, 0.15) is 12.3 Å². The number of amides is 4. The summed E-state index contributed by atoms with van der Waals surface area (Å²) in [6.07, 6.45) is 2.98. The molecule has 2 N–H and O–H groups in total. The van der Waals surface area contributed by atoms with E-state index in [9.17, 15) is 14.4 Å². The third-order valence-electron chi connectivity index (χ3n) is 5.72. The largest absolute Gasteiger partial charge is 0.478 e. The van der Waals surface area contributed by atoms with Crippen LogP contribution >= 0.6 is 0 Å². The van der Waals surface area contributed by atoms with Crippen molar-refractivity contribution in [1.29, 1.82) is 0 Å². The fourth-order valence-corrected chi connectivity index (χ4v) is 4.02. The molecular formula is C24H28N4O4. The minimum atomic E-state index is -0.628. The van der Waals surface area contributed by atoms with E-state index in [-0.39, 0.29) is 18.4 Å². The molecule has 0 aromatic heterocycles. The second-order valence-electron chi connectivity index (χ2n) is 8.01. The Hall–Kier alpha value is -3.55. The Kier molecular flexibility index (Phi) is 6.58. The van der Waals surface area contributed by atoms with Gasteiger partial charge in [-0.1, -0.05) is 25.1 Å². The highest BCUT2D eigenvalue weighted by atomic mass is 16.5. The molecular weight excluding hydrogens is 408 g/mol. The first-order valence-corrected chi connectivity index (χ1v) is 11.1. The zero-order valence-electron chi connectivity index (χ0n) is 18.2. The van der Waals surface area contributed by atoms with Gasteiger partial charge < -0.3 is 20.3 Å². The summed E-state index contributed by atoms with van der Waals surface area (Å²) in [5, 5.41) is 5.54. The summed E-state index contributed by atoms with van der Waals surface area (Å²) in [6, 6.07) is 13.8. The van der Waals surface area contributed by atoms with Gasteiger partial charge >= 0.3 is 6.03 Å². The topological polar surface area (TPSA) is 91.0 Å². The molecule has 0 saturated carbocycles. The maximum absolute atomic E-state index is 13.0. The zero-order chi connectivity index (χ0) is 22.5. The van der Waals surface area contributed by atoms with Gasteiger partial charge in [0, 0.05) is 24.5 Å².